The van der Waals surface area contributed by atoms with Gasteiger partial charge >= 0.3 is 0 Å². The molecule has 0 spiro atoms. The number of aromatic nitrogens is 3. The van der Waals surface area contributed by atoms with Crippen molar-refractivity contribution in [1.82, 2.24) is 15.0 Å². The van der Waals surface area contributed by atoms with Crippen molar-refractivity contribution in [2.75, 3.05) is 0 Å². The van der Waals surface area contributed by atoms with Gasteiger partial charge in [0.25, 0.3) is 0 Å². The molecular weight excluding hydrogens is 827 g/mol. The first-order valence-corrected chi connectivity index (χ1v) is 17.5. The molecule has 5 heteroatoms. The second-order valence-electron chi connectivity index (χ2n) is 13.4. The van der Waals surface area contributed by atoms with Gasteiger partial charge in [-0.1, -0.05) is 127 Å². The summed E-state index contributed by atoms with van der Waals surface area (Å²) >= 11 is 0. The van der Waals surface area contributed by atoms with Gasteiger partial charge in [0.1, 0.15) is 0 Å². The summed E-state index contributed by atoms with van der Waals surface area (Å²) in [7, 11) is 0. The molecule has 0 aliphatic carbocycles. The Bertz CT molecular complexity index is 2680. The summed E-state index contributed by atoms with van der Waals surface area (Å²) in [6, 6.07) is 46.9. The molecule has 0 saturated heterocycles. The van der Waals surface area contributed by atoms with Crippen molar-refractivity contribution >= 4 is 32.6 Å². The maximum Gasteiger partial charge on any atom is 0.0847 e. The molecule has 5 aromatic carbocycles. The van der Waals surface area contributed by atoms with Gasteiger partial charge in [0.15, 0.2) is 0 Å². The molecule has 0 atom stereocenters. The van der Waals surface area contributed by atoms with E-state index in [1.54, 1.807) is 6.26 Å². The molecule has 4 heterocycles. The first kappa shape index (κ1) is 35.7. The fourth-order valence-corrected chi connectivity index (χ4v) is 6.56. The monoisotopic (exact) mass is 864 g/mol. The Morgan fingerprint density at radius 2 is 1.36 bits per heavy atom. The first-order chi connectivity index (χ1) is 25.3. The van der Waals surface area contributed by atoms with E-state index >= 15 is 0 Å². The van der Waals surface area contributed by atoms with Gasteiger partial charge in [0.2, 0.25) is 0 Å². The zero-order valence-electron chi connectivity index (χ0n) is 30.3. The summed E-state index contributed by atoms with van der Waals surface area (Å²) < 4.78 is 5.72. The second kappa shape index (κ2) is 15.1. The van der Waals surface area contributed by atoms with E-state index < -0.39 is 0 Å². The van der Waals surface area contributed by atoms with Gasteiger partial charge in [-0.3, -0.25) is 9.97 Å². The third-order valence-corrected chi connectivity index (χ3v) is 9.84. The third kappa shape index (κ3) is 7.19. The standard InChI is InChI=1S/C33H21N2O.C15H16N.Ir/c1-21-10-13-29-30(19-25-16-17-36-33(25)32(29)35-21)31-15-12-26(20-34-31)27-9-5-8-24-18-23(11-14-28(24)27)22-6-3-2-4-7-22;1-10-5-6-14(7-11(10)2)15-8-12(3)13(4)9-16-15;/h2-18,20H,1H3;5,7-9H,1-4H3;/q2*-1;. The summed E-state index contributed by atoms with van der Waals surface area (Å²) in [4.78, 5) is 14.1. The molecule has 0 amide bonds. The van der Waals surface area contributed by atoms with Gasteiger partial charge in [0, 0.05) is 55.7 Å². The van der Waals surface area contributed by atoms with Crippen molar-refractivity contribution in [3.8, 4) is 44.8 Å². The van der Waals surface area contributed by atoms with Crippen LogP contribution in [0.4, 0.5) is 0 Å². The maximum atomic E-state index is 5.72. The van der Waals surface area contributed by atoms with Crippen molar-refractivity contribution in [3.05, 3.63) is 174 Å². The van der Waals surface area contributed by atoms with Gasteiger partial charge in [0.05, 0.1) is 5.58 Å². The predicted octanol–water partition coefficient (Wildman–Crippen LogP) is 12.4. The fraction of sp³-hybridized carbons (Fsp3) is 0.104. The molecule has 9 aromatic rings. The molecular formula is C48H37IrN3O-2. The van der Waals surface area contributed by atoms with Crippen LogP contribution in [-0.2, 0) is 20.1 Å². The number of hydrogen-bond acceptors (Lipinski definition) is 4. The minimum atomic E-state index is 0. The van der Waals surface area contributed by atoms with Crippen molar-refractivity contribution in [3.63, 3.8) is 0 Å². The van der Waals surface area contributed by atoms with Gasteiger partial charge in [-0.2, -0.15) is 0 Å². The minimum absolute atomic E-state index is 0. The second-order valence-corrected chi connectivity index (χ2v) is 13.4. The van der Waals surface area contributed by atoms with E-state index in [-0.39, 0.29) is 20.1 Å². The molecule has 0 fully saturated rings. The number of hydrogen-bond donors (Lipinski definition) is 0. The van der Waals surface area contributed by atoms with E-state index in [2.05, 4.69) is 136 Å². The van der Waals surface area contributed by atoms with Crippen molar-refractivity contribution < 1.29 is 24.5 Å². The van der Waals surface area contributed by atoms with E-state index in [9.17, 15) is 0 Å². The van der Waals surface area contributed by atoms with E-state index in [1.165, 1.54) is 49.7 Å². The van der Waals surface area contributed by atoms with E-state index in [0.29, 0.717) is 0 Å². The fourth-order valence-electron chi connectivity index (χ4n) is 6.56. The number of furan rings is 1. The molecule has 0 N–H and O–H groups in total. The van der Waals surface area contributed by atoms with E-state index in [0.717, 1.165) is 55.6 Å². The number of fused-ring (bicyclic) bond motifs is 4. The summed E-state index contributed by atoms with van der Waals surface area (Å²) in [5, 5.41) is 4.32. The van der Waals surface area contributed by atoms with E-state index in [4.69, 9.17) is 14.4 Å². The molecule has 0 unspecified atom stereocenters. The van der Waals surface area contributed by atoms with Crippen LogP contribution >= 0.6 is 0 Å². The van der Waals surface area contributed by atoms with E-state index in [1.807, 2.05) is 43.6 Å². The molecule has 0 aliphatic rings. The number of rotatable bonds is 4. The Labute approximate surface area is 324 Å². The van der Waals surface area contributed by atoms with Crippen LogP contribution in [0.3, 0.4) is 0 Å². The minimum Gasteiger partial charge on any atom is -0.506 e. The molecule has 53 heavy (non-hydrogen) atoms. The molecule has 261 valence electrons. The molecule has 0 saturated carbocycles. The Morgan fingerprint density at radius 3 is 2.13 bits per heavy atom. The largest absolute Gasteiger partial charge is 0.506 e. The normalized spacial score (nSPS) is 11.0. The summed E-state index contributed by atoms with van der Waals surface area (Å²) in [5.41, 5.74) is 16.2. The van der Waals surface area contributed by atoms with Crippen molar-refractivity contribution in [2.24, 2.45) is 0 Å². The Morgan fingerprint density at radius 1 is 0.585 bits per heavy atom. The molecule has 4 nitrogen and oxygen atoms in total. The van der Waals surface area contributed by atoms with Crippen LogP contribution in [0.15, 0.2) is 138 Å². The summed E-state index contributed by atoms with van der Waals surface area (Å²) in [6.45, 7) is 10.4. The van der Waals surface area contributed by atoms with Crippen LogP contribution in [0.25, 0.3) is 77.4 Å². The quantitative estimate of drug-likeness (QED) is 0.165. The average Bonchev–Trinajstić information content (AvgIpc) is 3.66. The van der Waals surface area contributed by atoms with Gasteiger partial charge in [-0.25, -0.2) is 0 Å². The number of benzene rings is 5. The smallest absolute Gasteiger partial charge is 0.0847 e. The number of nitrogens with zero attached hydrogens (tertiary/aromatic N) is 3. The van der Waals surface area contributed by atoms with Crippen LogP contribution in [0.5, 0.6) is 0 Å². The third-order valence-electron chi connectivity index (χ3n) is 9.84. The predicted molar refractivity (Wildman–Crippen MR) is 214 cm³/mol. The molecule has 4 aromatic heterocycles. The van der Waals surface area contributed by atoms with Crippen LogP contribution in [0.2, 0.25) is 0 Å². The maximum absolute atomic E-state index is 5.72. The zero-order chi connectivity index (χ0) is 35.8. The average molecular weight is 864 g/mol. The van der Waals surface area contributed by atoms with Crippen LogP contribution in [0, 0.1) is 46.8 Å². The van der Waals surface area contributed by atoms with Gasteiger partial charge in [-0.05, 0) is 77.2 Å². The van der Waals surface area contributed by atoms with Gasteiger partial charge in [-0.15, -0.1) is 41.0 Å². The summed E-state index contributed by atoms with van der Waals surface area (Å²) in [5.74, 6) is 0. The van der Waals surface area contributed by atoms with Crippen molar-refractivity contribution in [1.29, 1.82) is 0 Å². The Balaban J connectivity index is 0.000000216. The van der Waals surface area contributed by atoms with Gasteiger partial charge < -0.3 is 9.40 Å². The first-order valence-electron chi connectivity index (χ1n) is 17.5. The van der Waals surface area contributed by atoms with Crippen LogP contribution in [-0.4, -0.2) is 15.0 Å². The zero-order valence-corrected chi connectivity index (χ0v) is 32.7. The number of pyridine rings is 3. The topological polar surface area (TPSA) is 51.8 Å². The Kier molecular flexibility index (Phi) is 10.1. The SMILES string of the molecule is Cc1c[c-]c(-c2cc(C)c(C)cn2)cc1C.Cc1ccc2c(-c3ccc(-c4cccc5cc(-c6ccccc6)ccc45)cn3)[c-]c3ccoc3c2n1.[Ir]. The molecule has 0 bridgehead atoms. The Hall–Kier alpha value is -5.74. The van der Waals surface area contributed by atoms with Crippen LogP contribution < -0.4 is 0 Å². The summed E-state index contributed by atoms with van der Waals surface area (Å²) in [6.07, 6.45) is 5.57. The molecule has 0 aliphatic heterocycles. The molecule has 9 rings (SSSR count). The van der Waals surface area contributed by atoms with Crippen LogP contribution in [0.1, 0.15) is 27.9 Å². The number of aryl methyl sites for hydroxylation is 5. The molecule has 1 radical (unpaired) electrons. The van der Waals surface area contributed by atoms with Crippen molar-refractivity contribution in [2.45, 2.75) is 34.6 Å².